The first-order valence-electron chi connectivity index (χ1n) is 17.0. The Kier molecular flexibility index (Phi) is 11.4. The van der Waals surface area contributed by atoms with E-state index in [1.165, 1.54) is 6.07 Å². The lowest BCUT2D eigenvalue weighted by molar-refractivity contribution is -0.143. The summed E-state index contributed by atoms with van der Waals surface area (Å²) in [5.41, 5.74) is 2.33. The Bertz CT molecular complexity index is 1450. The maximum atomic E-state index is 14.5. The van der Waals surface area contributed by atoms with Gasteiger partial charge in [-0.3, -0.25) is 19.3 Å². The Hall–Kier alpha value is -3.70. The molecule has 0 unspecified atom stereocenters. The number of carboxylic acids is 1. The standard InChI is InChI=1S/C36H48FN3O7/c1-4-8-26(9-5-2)40(27-12-13-29(37)23(3)16-27)33(43)20-39-19-28(24-17-25(21-41)35-31(18-24)46-22-47-35)34(36(44)45)30(39)10-6-14-38-15-7-11-32(38)42/h12-13,16-18,26,28,30,34,41H,4-11,14-15,19-22H2,1-3H3,(H,44,45)/t28-,30+,34-/m1/s1. The number of halogens is 1. The number of anilines is 1. The van der Waals surface area contributed by atoms with Crippen molar-refractivity contribution in [3.63, 3.8) is 0 Å². The molecule has 3 aliphatic heterocycles. The summed E-state index contributed by atoms with van der Waals surface area (Å²) in [6.07, 6.45) is 5.77. The molecule has 3 aliphatic rings. The number of ether oxygens (including phenoxy) is 2. The minimum atomic E-state index is -0.962. The van der Waals surface area contributed by atoms with Gasteiger partial charge < -0.3 is 29.5 Å². The molecule has 0 bridgehead atoms. The van der Waals surface area contributed by atoms with Gasteiger partial charge in [0.05, 0.1) is 19.1 Å². The summed E-state index contributed by atoms with van der Waals surface area (Å²) in [5.74, 6) is -1.73. The summed E-state index contributed by atoms with van der Waals surface area (Å²) in [6.45, 7) is 7.13. The molecule has 2 fully saturated rings. The third kappa shape index (κ3) is 7.56. The average Bonchev–Trinajstić information content (AvgIpc) is 3.78. The van der Waals surface area contributed by atoms with Gasteiger partial charge in [-0.05, 0) is 80.5 Å². The number of fused-ring (bicyclic) bond motifs is 1. The SMILES string of the molecule is CCCC(CCC)N(C(=O)CN1C[C@H](c2cc(CO)c3c(c2)OCO3)[C@@H](C(=O)O)[C@@H]1CCCN1CCCC1=O)c1ccc(F)c(C)c1. The molecule has 2 N–H and O–H groups in total. The van der Waals surface area contributed by atoms with Crippen LogP contribution in [0.1, 0.15) is 87.8 Å². The number of hydrogen-bond acceptors (Lipinski definition) is 7. The van der Waals surface area contributed by atoms with E-state index in [9.17, 15) is 29.0 Å². The summed E-state index contributed by atoms with van der Waals surface area (Å²) in [6, 6.07) is 7.77. The van der Waals surface area contributed by atoms with Crippen LogP contribution in [0.25, 0.3) is 0 Å². The third-order valence-electron chi connectivity index (χ3n) is 9.94. The van der Waals surface area contributed by atoms with Gasteiger partial charge in [0.1, 0.15) is 5.82 Å². The number of benzene rings is 2. The van der Waals surface area contributed by atoms with E-state index in [-0.39, 0.29) is 43.6 Å². The maximum absolute atomic E-state index is 14.5. The molecular formula is C36H48FN3O7. The van der Waals surface area contributed by atoms with Crippen molar-refractivity contribution < 1.29 is 38.5 Å². The zero-order valence-electron chi connectivity index (χ0n) is 27.8. The van der Waals surface area contributed by atoms with Crippen molar-refractivity contribution >= 4 is 23.5 Å². The zero-order valence-corrected chi connectivity index (χ0v) is 27.8. The second-order valence-corrected chi connectivity index (χ2v) is 13.1. The quantitative estimate of drug-likeness (QED) is 0.268. The van der Waals surface area contributed by atoms with Crippen LogP contribution >= 0.6 is 0 Å². The van der Waals surface area contributed by atoms with Crippen molar-refractivity contribution in [1.82, 2.24) is 9.80 Å². The summed E-state index contributed by atoms with van der Waals surface area (Å²) in [5, 5.41) is 20.8. The molecule has 0 radical (unpaired) electrons. The number of aliphatic hydroxyl groups excluding tert-OH is 1. The molecule has 47 heavy (non-hydrogen) atoms. The van der Waals surface area contributed by atoms with Crippen molar-refractivity contribution in [2.24, 2.45) is 5.92 Å². The summed E-state index contributed by atoms with van der Waals surface area (Å²) in [4.78, 5) is 45.4. The lowest BCUT2D eigenvalue weighted by Crippen LogP contribution is -2.48. The van der Waals surface area contributed by atoms with E-state index < -0.39 is 23.8 Å². The van der Waals surface area contributed by atoms with Crippen molar-refractivity contribution in [2.45, 2.75) is 96.7 Å². The van der Waals surface area contributed by atoms with E-state index in [1.807, 2.05) is 9.80 Å². The highest BCUT2D eigenvalue weighted by molar-refractivity contribution is 5.95. The Morgan fingerprint density at radius 1 is 1.13 bits per heavy atom. The van der Waals surface area contributed by atoms with Crippen LogP contribution in [0, 0.1) is 18.7 Å². The Balaban J connectivity index is 1.48. The fraction of sp³-hybridized carbons (Fsp3) is 0.583. The van der Waals surface area contributed by atoms with E-state index >= 15 is 0 Å². The minimum Gasteiger partial charge on any atom is -0.481 e. The number of carbonyl (C=O) groups excluding carboxylic acids is 2. The molecular weight excluding hydrogens is 605 g/mol. The summed E-state index contributed by atoms with van der Waals surface area (Å²) < 4.78 is 25.5. The molecule has 3 atom stereocenters. The van der Waals surface area contributed by atoms with Crippen LogP contribution in [0.2, 0.25) is 0 Å². The maximum Gasteiger partial charge on any atom is 0.308 e. The molecule has 2 amide bonds. The second kappa shape index (κ2) is 15.5. The largest absolute Gasteiger partial charge is 0.481 e. The highest BCUT2D eigenvalue weighted by Gasteiger charge is 2.48. The number of aryl methyl sites for hydroxylation is 1. The highest BCUT2D eigenvalue weighted by atomic mass is 19.1. The Morgan fingerprint density at radius 3 is 2.53 bits per heavy atom. The number of aliphatic hydroxyl groups is 1. The summed E-state index contributed by atoms with van der Waals surface area (Å²) in [7, 11) is 0. The number of carboxylic acid groups (broad SMARTS) is 1. The molecule has 2 aromatic carbocycles. The molecule has 5 rings (SSSR count). The van der Waals surface area contributed by atoms with Gasteiger partial charge >= 0.3 is 5.97 Å². The lowest BCUT2D eigenvalue weighted by Gasteiger charge is -2.35. The van der Waals surface area contributed by atoms with Crippen LogP contribution in [0.5, 0.6) is 11.5 Å². The smallest absolute Gasteiger partial charge is 0.308 e. The van der Waals surface area contributed by atoms with Crippen LogP contribution in [0.4, 0.5) is 10.1 Å². The number of amides is 2. The second-order valence-electron chi connectivity index (χ2n) is 13.1. The molecule has 2 aromatic rings. The number of nitrogens with zero attached hydrogens (tertiary/aromatic N) is 3. The third-order valence-corrected chi connectivity index (χ3v) is 9.94. The van der Waals surface area contributed by atoms with Crippen LogP contribution in [-0.4, -0.2) is 82.9 Å². The lowest BCUT2D eigenvalue weighted by atomic mass is 9.83. The van der Waals surface area contributed by atoms with Crippen molar-refractivity contribution in [2.75, 3.05) is 37.9 Å². The minimum absolute atomic E-state index is 0.00858. The van der Waals surface area contributed by atoms with Crippen molar-refractivity contribution in [1.29, 1.82) is 0 Å². The molecule has 0 aromatic heterocycles. The highest BCUT2D eigenvalue weighted by Crippen LogP contribution is 2.45. The molecule has 256 valence electrons. The Morgan fingerprint density at radius 2 is 1.89 bits per heavy atom. The van der Waals surface area contributed by atoms with Crippen molar-refractivity contribution in [3.8, 4) is 11.5 Å². The fourth-order valence-corrected chi connectivity index (χ4v) is 7.72. The van der Waals surface area contributed by atoms with E-state index in [2.05, 4.69) is 13.8 Å². The molecule has 0 aliphatic carbocycles. The van der Waals surface area contributed by atoms with Crippen LogP contribution in [-0.2, 0) is 21.0 Å². The first-order chi connectivity index (χ1) is 22.7. The molecule has 0 saturated carbocycles. The van der Waals surface area contributed by atoms with Gasteiger partial charge in [0.2, 0.25) is 18.6 Å². The molecule has 10 nitrogen and oxygen atoms in total. The van der Waals surface area contributed by atoms with Gasteiger partial charge in [-0.2, -0.15) is 0 Å². The van der Waals surface area contributed by atoms with E-state index in [4.69, 9.17) is 9.47 Å². The van der Waals surface area contributed by atoms with Crippen LogP contribution < -0.4 is 14.4 Å². The molecule has 2 saturated heterocycles. The zero-order chi connectivity index (χ0) is 33.7. The van der Waals surface area contributed by atoms with Crippen LogP contribution in [0.3, 0.4) is 0 Å². The monoisotopic (exact) mass is 653 g/mol. The van der Waals surface area contributed by atoms with Gasteiger partial charge in [0.25, 0.3) is 0 Å². The first kappa shape index (κ1) is 34.6. The van der Waals surface area contributed by atoms with E-state index in [1.54, 1.807) is 36.1 Å². The topological polar surface area (TPSA) is 120 Å². The van der Waals surface area contributed by atoms with Gasteiger partial charge in [0.15, 0.2) is 11.5 Å². The molecule has 3 heterocycles. The molecule has 0 spiro atoms. The number of carbonyl (C=O) groups is 3. The van der Waals surface area contributed by atoms with Gasteiger partial charge in [0, 0.05) is 55.3 Å². The van der Waals surface area contributed by atoms with Gasteiger partial charge in [-0.1, -0.05) is 26.7 Å². The number of aliphatic carboxylic acids is 1. The normalized spacial score (nSPS) is 20.9. The van der Waals surface area contributed by atoms with E-state index in [0.29, 0.717) is 72.8 Å². The van der Waals surface area contributed by atoms with Crippen LogP contribution in [0.15, 0.2) is 30.3 Å². The van der Waals surface area contributed by atoms with Crippen molar-refractivity contribution in [3.05, 3.63) is 52.8 Å². The number of likely N-dealkylation sites (tertiary alicyclic amines) is 2. The average molecular weight is 654 g/mol. The number of rotatable bonds is 15. The van der Waals surface area contributed by atoms with Gasteiger partial charge in [-0.25, -0.2) is 4.39 Å². The van der Waals surface area contributed by atoms with Gasteiger partial charge in [-0.15, -0.1) is 0 Å². The predicted octanol–water partition coefficient (Wildman–Crippen LogP) is 5.23. The van der Waals surface area contributed by atoms with E-state index in [0.717, 1.165) is 32.1 Å². The summed E-state index contributed by atoms with van der Waals surface area (Å²) >= 11 is 0. The molecule has 11 heteroatoms. The number of hydrogen-bond donors (Lipinski definition) is 2. The Labute approximate surface area is 276 Å². The fourth-order valence-electron chi connectivity index (χ4n) is 7.72. The first-order valence-corrected chi connectivity index (χ1v) is 17.0. The predicted molar refractivity (Wildman–Crippen MR) is 175 cm³/mol.